The highest BCUT2D eigenvalue weighted by Gasteiger charge is 2.09. The minimum Gasteiger partial charge on any atom is -0.466 e. The molecule has 4 heteroatoms. The van der Waals surface area contributed by atoms with Crippen molar-refractivity contribution in [2.24, 2.45) is 11.8 Å². The molecule has 0 aromatic heterocycles. The van der Waals surface area contributed by atoms with Crippen molar-refractivity contribution in [3.8, 4) is 0 Å². The molecule has 2 atom stereocenters. The van der Waals surface area contributed by atoms with Crippen LogP contribution in [-0.2, 0) is 19.1 Å². The monoisotopic (exact) mass is 342 g/mol. The SMILES string of the molecule is CCCC(CC)CCOC(=O)CCCCC(=O)OCCC(C)CC. The zero-order valence-electron chi connectivity index (χ0n) is 16.3. The van der Waals surface area contributed by atoms with E-state index in [0.29, 0.717) is 50.7 Å². The number of hydrogen-bond donors (Lipinski definition) is 0. The van der Waals surface area contributed by atoms with Crippen molar-refractivity contribution in [2.45, 2.75) is 91.9 Å². The fraction of sp³-hybridized carbons (Fsp3) is 0.900. The van der Waals surface area contributed by atoms with Gasteiger partial charge in [-0.3, -0.25) is 9.59 Å². The summed E-state index contributed by atoms with van der Waals surface area (Å²) in [5.41, 5.74) is 0. The molecule has 0 saturated heterocycles. The van der Waals surface area contributed by atoms with Gasteiger partial charge in [0.1, 0.15) is 0 Å². The van der Waals surface area contributed by atoms with E-state index in [1.807, 2.05) is 0 Å². The number of rotatable bonds is 15. The highest BCUT2D eigenvalue weighted by Crippen LogP contribution is 2.15. The topological polar surface area (TPSA) is 52.6 Å². The molecule has 0 aromatic carbocycles. The third-order valence-corrected chi connectivity index (χ3v) is 4.65. The molecule has 0 aromatic rings. The lowest BCUT2D eigenvalue weighted by Crippen LogP contribution is -2.10. The average Bonchev–Trinajstić information content (AvgIpc) is 2.57. The van der Waals surface area contributed by atoms with Crippen molar-refractivity contribution in [3.05, 3.63) is 0 Å². The van der Waals surface area contributed by atoms with E-state index >= 15 is 0 Å². The molecule has 0 aliphatic carbocycles. The number of ether oxygens (including phenoxy) is 2. The van der Waals surface area contributed by atoms with Crippen molar-refractivity contribution in [1.82, 2.24) is 0 Å². The molecule has 0 fully saturated rings. The second kappa shape index (κ2) is 15.5. The molecule has 24 heavy (non-hydrogen) atoms. The predicted molar refractivity (Wildman–Crippen MR) is 97.8 cm³/mol. The van der Waals surface area contributed by atoms with Gasteiger partial charge in [-0.2, -0.15) is 0 Å². The molecule has 0 aliphatic rings. The zero-order valence-corrected chi connectivity index (χ0v) is 16.3. The van der Waals surface area contributed by atoms with Crippen LogP contribution in [0.25, 0.3) is 0 Å². The second-order valence-corrected chi connectivity index (χ2v) is 6.80. The van der Waals surface area contributed by atoms with Gasteiger partial charge in [-0.15, -0.1) is 0 Å². The summed E-state index contributed by atoms with van der Waals surface area (Å²) < 4.78 is 10.5. The predicted octanol–water partition coefficient (Wildman–Crippen LogP) is 5.29. The first-order valence-corrected chi connectivity index (χ1v) is 9.84. The molecule has 0 N–H and O–H groups in total. The van der Waals surface area contributed by atoms with Gasteiger partial charge in [0, 0.05) is 12.8 Å². The standard InChI is InChI=1S/C20H38O4/c1-5-10-18(7-3)14-16-24-20(22)12-9-8-11-19(21)23-15-13-17(4)6-2/h17-18H,5-16H2,1-4H3. The zero-order chi connectivity index (χ0) is 18.2. The van der Waals surface area contributed by atoms with Crippen molar-refractivity contribution in [3.63, 3.8) is 0 Å². The molecular formula is C20H38O4. The Balaban J connectivity index is 3.55. The maximum absolute atomic E-state index is 11.7. The van der Waals surface area contributed by atoms with Gasteiger partial charge in [-0.05, 0) is 37.5 Å². The molecule has 4 nitrogen and oxygen atoms in total. The molecule has 0 spiro atoms. The van der Waals surface area contributed by atoms with E-state index in [1.54, 1.807) is 0 Å². The smallest absolute Gasteiger partial charge is 0.305 e. The number of esters is 2. The van der Waals surface area contributed by atoms with Crippen LogP contribution in [0.15, 0.2) is 0 Å². The molecule has 0 aliphatic heterocycles. The Labute approximate surface area is 148 Å². The van der Waals surface area contributed by atoms with Crippen LogP contribution in [0.2, 0.25) is 0 Å². The van der Waals surface area contributed by atoms with E-state index in [-0.39, 0.29) is 11.9 Å². The van der Waals surface area contributed by atoms with Gasteiger partial charge in [0.25, 0.3) is 0 Å². The lowest BCUT2D eigenvalue weighted by atomic mass is 9.98. The summed E-state index contributed by atoms with van der Waals surface area (Å²) in [6.45, 7) is 9.69. The summed E-state index contributed by atoms with van der Waals surface area (Å²) in [4.78, 5) is 23.2. The minimum atomic E-state index is -0.156. The first kappa shape index (κ1) is 22.9. The summed E-state index contributed by atoms with van der Waals surface area (Å²) in [5, 5.41) is 0. The molecule has 0 saturated carbocycles. The van der Waals surface area contributed by atoms with E-state index in [1.165, 1.54) is 12.8 Å². The Morgan fingerprint density at radius 2 is 1.33 bits per heavy atom. The molecule has 0 rings (SSSR count). The summed E-state index contributed by atoms with van der Waals surface area (Å²) in [7, 11) is 0. The maximum Gasteiger partial charge on any atom is 0.305 e. The summed E-state index contributed by atoms with van der Waals surface area (Å²) in [5.74, 6) is 0.953. The third-order valence-electron chi connectivity index (χ3n) is 4.65. The van der Waals surface area contributed by atoms with Gasteiger partial charge >= 0.3 is 11.9 Å². The van der Waals surface area contributed by atoms with Crippen LogP contribution in [0.5, 0.6) is 0 Å². The van der Waals surface area contributed by atoms with Gasteiger partial charge in [0.2, 0.25) is 0 Å². The Morgan fingerprint density at radius 1 is 0.792 bits per heavy atom. The fourth-order valence-corrected chi connectivity index (χ4v) is 2.56. The summed E-state index contributed by atoms with van der Waals surface area (Å²) in [6.07, 6.45) is 8.67. The molecule has 2 unspecified atom stereocenters. The minimum absolute atomic E-state index is 0.147. The van der Waals surface area contributed by atoms with Crippen LogP contribution in [0.1, 0.15) is 91.9 Å². The van der Waals surface area contributed by atoms with E-state index in [4.69, 9.17) is 9.47 Å². The average molecular weight is 343 g/mol. The van der Waals surface area contributed by atoms with Crippen molar-refractivity contribution < 1.29 is 19.1 Å². The third kappa shape index (κ3) is 13.4. The number of hydrogen-bond acceptors (Lipinski definition) is 4. The Kier molecular flexibility index (Phi) is 14.8. The first-order valence-electron chi connectivity index (χ1n) is 9.84. The van der Waals surface area contributed by atoms with Crippen LogP contribution >= 0.6 is 0 Å². The molecule has 0 bridgehead atoms. The number of unbranched alkanes of at least 4 members (excludes halogenated alkanes) is 1. The van der Waals surface area contributed by atoms with Gasteiger partial charge < -0.3 is 9.47 Å². The summed E-state index contributed by atoms with van der Waals surface area (Å²) >= 11 is 0. The fourth-order valence-electron chi connectivity index (χ4n) is 2.56. The quantitative estimate of drug-likeness (QED) is 0.300. The van der Waals surface area contributed by atoms with Gasteiger partial charge in [0.15, 0.2) is 0 Å². The largest absolute Gasteiger partial charge is 0.466 e. The van der Waals surface area contributed by atoms with Crippen LogP contribution in [0.4, 0.5) is 0 Å². The van der Waals surface area contributed by atoms with E-state index < -0.39 is 0 Å². The normalized spacial score (nSPS) is 13.3. The number of carbonyl (C=O) groups excluding carboxylic acids is 2. The van der Waals surface area contributed by atoms with E-state index in [9.17, 15) is 9.59 Å². The highest BCUT2D eigenvalue weighted by atomic mass is 16.5. The highest BCUT2D eigenvalue weighted by molar-refractivity contribution is 5.70. The first-order chi connectivity index (χ1) is 11.5. The van der Waals surface area contributed by atoms with Gasteiger partial charge in [-0.25, -0.2) is 0 Å². The van der Waals surface area contributed by atoms with Gasteiger partial charge in [-0.1, -0.05) is 53.4 Å². The molecule has 0 heterocycles. The second-order valence-electron chi connectivity index (χ2n) is 6.80. The lowest BCUT2D eigenvalue weighted by Gasteiger charge is -2.13. The Morgan fingerprint density at radius 3 is 1.79 bits per heavy atom. The Bertz CT molecular complexity index is 328. The van der Waals surface area contributed by atoms with Crippen molar-refractivity contribution >= 4 is 11.9 Å². The van der Waals surface area contributed by atoms with Crippen molar-refractivity contribution in [2.75, 3.05) is 13.2 Å². The van der Waals surface area contributed by atoms with Gasteiger partial charge in [0.05, 0.1) is 13.2 Å². The van der Waals surface area contributed by atoms with Crippen LogP contribution < -0.4 is 0 Å². The lowest BCUT2D eigenvalue weighted by molar-refractivity contribution is -0.146. The number of carbonyl (C=O) groups is 2. The van der Waals surface area contributed by atoms with Crippen LogP contribution in [-0.4, -0.2) is 25.2 Å². The van der Waals surface area contributed by atoms with E-state index in [0.717, 1.165) is 25.7 Å². The molecule has 0 radical (unpaired) electrons. The molecular weight excluding hydrogens is 304 g/mol. The summed E-state index contributed by atoms with van der Waals surface area (Å²) in [6, 6.07) is 0. The Hall–Kier alpha value is -1.06. The molecule has 0 amide bonds. The van der Waals surface area contributed by atoms with Crippen LogP contribution in [0.3, 0.4) is 0 Å². The van der Waals surface area contributed by atoms with Crippen molar-refractivity contribution in [1.29, 1.82) is 0 Å². The molecule has 142 valence electrons. The van der Waals surface area contributed by atoms with E-state index in [2.05, 4.69) is 27.7 Å². The van der Waals surface area contributed by atoms with Crippen LogP contribution in [0, 0.1) is 11.8 Å². The maximum atomic E-state index is 11.7.